The topological polar surface area (TPSA) is 77.9 Å². The molecule has 142 valence electrons. The SMILES string of the molecule is CCOc1ccc(/C=C(/C#N)C(=O)NCCc2c[nH]c3ccccc23)cc1I. The third-order valence-corrected chi connectivity index (χ3v) is 5.13. The third kappa shape index (κ3) is 4.73. The predicted octanol–water partition coefficient (Wildman–Crippen LogP) is 4.44. The lowest BCUT2D eigenvalue weighted by Gasteiger charge is -2.07. The lowest BCUT2D eigenvalue weighted by Crippen LogP contribution is -2.26. The number of nitriles is 1. The highest BCUT2D eigenvalue weighted by atomic mass is 127. The van der Waals surface area contributed by atoms with Crippen LogP contribution in [0.4, 0.5) is 0 Å². The van der Waals surface area contributed by atoms with Gasteiger partial charge in [0, 0.05) is 23.6 Å². The van der Waals surface area contributed by atoms with Crippen molar-refractivity contribution in [2.45, 2.75) is 13.3 Å². The lowest BCUT2D eigenvalue weighted by molar-refractivity contribution is -0.117. The van der Waals surface area contributed by atoms with Crippen LogP contribution in [0.1, 0.15) is 18.1 Å². The van der Waals surface area contributed by atoms with Crippen molar-refractivity contribution in [3.05, 3.63) is 68.9 Å². The fraction of sp³-hybridized carbons (Fsp3) is 0.182. The van der Waals surface area contributed by atoms with Gasteiger partial charge in [-0.2, -0.15) is 5.26 Å². The van der Waals surface area contributed by atoms with Crippen molar-refractivity contribution in [1.82, 2.24) is 10.3 Å². The Morgan fingerprint density at radius 1 is 1.32 bits per heavy atom. The zero-order chi connectivity index (χ0) is 19.9. The Balaban J connectivity index is 1.64. The number of hydrogen-bond donors (Lipinski definition) is 2. The summed E-state index contributed by atoms with van der Waals surface area (Å²) in [6, 6.07) is 15.6. The van der Waals surface area contributed by atoms with E-state index in [1.54, 1.807) is 6.08 Å². The Bertz CT molecular complexity index is 1060. The van der Waals surface area contributed by atoms with Crippen molar-refractivity contribution in [2.24, 2.45) is 0 Å². The van der Waals surface area contributed by atoms with E-state index in [0.717, 1.165) is 31.3 Å². The number of aromatic amines is 1. The predicted molar refractivity (Wildman–Crippen MR) is 119 cm³/mol. The van der Waals surface area contributed by atoms with Crippen molar-refractivity contribution in [1.29, 1.82) is 5.26 Å². The van der Waals surface area contributed by atoms with Gasteiger partial charge in [-0.15, -0.1) is 0 Å². The minimum Gasteiger partial charge on any atom is -0.493 e. The molecule has 3 aromatic rings. The molecule has 28 heavy (non-hydrogen) atoms. The Labute approximate surface area is 177 Å². The van der Waals surface area contributed by atoms with E-state index in [2.05, 4.69) is 39.0 Å². The zero-order valence-electron chi connectivity index (χ0n) is 15.5. The van der Waals surface area contributed by atoms with Crippen LogP contribution in [0.15, 0.2) is 54.2 Å². The molecule has 3 rings (SSSR count). The minimum absolute atomic E-state index is 0.0823. The molecule has 0 bridgehead atoms. The molecular weight excluding hydrogens is 465 g/mol. The molecule has 0 saturated heterocycles. The first kappa shape index (κ1) is 20.0. The molecule has 2 aromatic carbocycles. The molecule has 0 aliphatic rings. The van der Waals surface area contributed by atoms with Crippen LogP contribution in [0.25, 0.3) is 17.0 Å². The summed E-state index contributed by atoms with van der Waals surface area (Å²) >= 11 is 2.18. The van der Waals surface area contributed by atoms with Gasteiger partial charge in [0.2, 0.25) is 0 Å². The van der Waals surface area contributed by atoms with Crippen LogP contribution in [0.3, 0.4) is 0 Å². The van der Waals surface area contributed by atoms with E-state index in [1.807, 2.05) is 55.6 Å². The number of benzene rings is 2. The fourth-order valence-electron chi connectivity index (χ4n) is 2.94. The van der Waals surface area contributed by atoms with Crippen molar-refractivity contribution in [2.75, 3.05) is 13.2 Å². The zero-order valence-corrected chi connectivity index (χ0v) is 17.6. The fourth-order valence-corrected chi connectivity index (χ4v) is 3.63. The van der Waals surface area contributed by atoms with Gasteiger partial charge in [0.15, 0.2) is 0 Å². The number of nitrogens with zero attached hydrogens (tertiary/aromatic N) is 1. The van der Waals surface area contributed by atoms with E-state index in [-0.39, 0.29) is 11.5 Å². The highest BCUT2D eigenvalue weighted by Gasteiger charge is 2.10. The van der Waals surface area contributed by atoms with E-state index in [1.165, 1.54) is 0 Å². The average Bonchev–Trinajstić information content (AvgIpc) is 3.11. The summed E-state index contributed by atoms with van der Waals surface area (Å²) in [5.41, 5.74) is 3.08. The van der Waals surface area contributed by atoms with Gasteiger partial charge in [-0.25, -0.2) is 0 Å². The number of amides is 1. The monoisotopic (exact) mass is 485 g/mol. The number of rotatable bonds is 7. The second-order valence-electron chi connectivity index (χ2n) is 6.16. The smallest absolute Gasteiger partial charge is 0.261 e. The molecule has 0 aliphatic carbocycles. The normalized spacial score (nSPS) is 11.2. The Morgan fingerprint density at radius 3 is 2.89 bits per heavy atom. The van der Waals surface area contributed by atoms with Crippen LogP contribution in [0.2, 0.25) is 0 Å². The molecule has 5 nitrogen and oxygen atoms in total. The summed E-state index contributed by atoms with van der Waals surface area (Å²) < 4.78 is 6.45. The van der Waals surface area contributed by atoms with Crippen LogP contribution < -0.4 is 10.1 Å². The average molecular weight is 485 g/mol. The molecule has 0 saturated carbocycles. The first-order valence-corrected chi connectivity index (χ1v) is 10.1. The van der Waals surface area contributed by atoms with Crippen LogP contribution in [0.5, 0.6) is 5.75 Å². The number of nitrogens with one attached hydrogen (secondary N) is 2. The van der Waals surface area contributed by atoms with E-state index in [4.69, 9.17) is 4.74 Å². The molecule has 0 atom stereocenters. The van der Waals surface area contributed by atoms with Crippen LogP contribution >= 0.6 is 22.6 Å². The van der Waals surface area contributed by atoms with E-state index in [9.17, 15) is 10.1 Å². The number of ether oxygens (including phenoxy) is 1. The van der Waals surface area contributed by atoms with E-state index >= 15 is 0 Å². The summed E-state index contributed by atoms with van der Waals surface area (Å²) in [6.45, 7) is 2.98. The van der Waals surface area contributed by atoms with Crippen molar-refractivity contribution in [3.63, 3.8) is 0 Å². The summed E-state index contributed by atoms with van der Waals surface area (Å²) in [5.74, 6) is 0.424. The third-order valence-electron chi connectivity index (χ3n) is 4.29. The second kappa shape index (κ2) is 9.42. The Morgan fingerprint density at radius 2 is 2.14 bits per heavy atom. The van der Waals surface area contributed by atoms with Crippen LogP contribution in [-0.2, 0) is 11.2 Å². The number of aromatic nitrogens is 1. The van der Waals surface area contributed by atoms with Crippen LogP contribution in [-0.4, -0.2) is 24.0 Å². The second-order valence-corrected chi connectivity index (χ2v) is 7.32. The molecule has 6 heteroatoms. The maximum atomic E-state index is 12.4. The summed E-state index contributed by atoms with van der Waals surface area (Å²) in [4.78, 5) is 15.6. The van der Waals surface area contributed by atoms with Gasteiger partial charge in [-0.3, -0.25) is 4.79 Å². The first-order valence-electron chi connectivity index (χ1n) is 8.99. The van der Waals surface area contributed by atoms with Crippen LogP contribution in [0, 0.1) is 14.9 Å². The number of fused-ring (bicyclic) bond motifs is 1. The van der Waals surface area contributed by atoms with Gasteiger partial charge in [-0.05, 0) is 71.3 Å². The Hall–Kier alpha value is -2.79. The number of para-hydroxylation sites is 1. The maximum absolute atomic E-state index is 12.4. The summed E-state index contributed by atoms with van der Waals surface area (Å²) in [6.07, 6.45) is 4.24. The van der Waals surface area contributed by atoms with Crippen molar-refractivity contribution >= 4 is 45.5 Å². The number of hydrogen-bond acceptors (Lipinski definition) is 3. The molecule has 0 spiro atoms. The number of halogens is 1. The summed E-state index contributed by atoms with van der Waals surface area (Å²) in [5, 5.41) is 13.4. The van der Waals surface area contributed by atoms with Gasteiger partial charge in [0.05, 0.1) is 10.2 Å². The van der Waals surface area contributed by atoms with E-state index in [0.29, 0.717) is 19.6 Å². The Kier molecular flexibility index (Phi) is 6.71. The quantitative estimate of drug-likeness (QED) is 0.295. The van der Waals surface area contributed by atoms with Gasteiger partial charge < -0.3 is 15.0 Å². The first-order chi connectivity index (χ1) is 13.6. The summed E-state index contributed by atoms with van der Waals surface area (Å²) in [7, 11) is 0. The minimum atomic E-state index is -0.369. The molecule has 2 N–H and O–H groups in total. The molecule has 1 amide bonds. The lowest BCUT2D eigenvalue weighted by atomic mass is 10.1. The van der Waals surface area contributed by atoms with Gasteiger partial charge in [0.1, 0.15) is 17.4 Å². The van der Waals surface area contributed by atoms with Gasteiger partial charge >= 0.3 is 0 Å². The number of carbonyl (C=O) groups is 1. The molecule has 0 aliphatic heterocycles. The molecule has 0 unspecified atom stereocenters. The molecule has 1 aromatic heterocycles. The molecule has 0 fully saturated rings. The number of H-pyrrole nitrogens is 1. The molecule has 1 heterocycles. The van der Waals surface area contributed by atoms with Gasteiger partial charge in [0.25, 0.3) is 5.91 Å². The highest BCUT2D eigenvalue weighted by Crippen LogP contribution is 2.23. The molecule has 0 radical (unpaired) electrons. The van der Waals surface area contributed by atoms with Crippen molar-refractivity contribution in [3.8, 4) is 11.8 Å². The van der Waals surface area contributed by atoms with Gasteiger partial charge in [-0.1, -0.05) is 24.3 Å². The standard InChI is InChI=1S/C22H20IN3O2/c1-2-28-21-8-7-15(12-19(21)23)11-17(13-24)22(27)25-10-9-16-14-26-20-6-4-3-5-18(16)20/h3-8,11-12,14,26H,2,9-10H2,1H3,(H,25,27)/b17-11-. The largest absolute Gasteiger partial charge is 0.493 e. The van der Waals surface area contributed by atoms with E-state index < -0.39 is 0 Å². The maximum Gasteiger partial charge on any atom is 0.261 e. The number of carbonyl (C=O) groups excluding carboxylic acids is 1. The highest BCUT2D eigenvalue weighted by molar-refractivity contribution is 14.1. The van der Waals surface area contributed by atoms with Crippen molar-refractivity contribution < 1.29 is 9.53 Å². The molecular formula is C22H20IN3O2.